The molecule has 27 heavy (non-hydrogen) atoms. The molecule has 0 unspecified atom stereocenters. The number of nitrogens with zero attached hydrogens (tertiary/aromatic N) is 3. The van der Waals surface area contributed by atoms with Gasteiger partial charge in [0.1, 0.15) is 10.8 Å². The topological polar surface area (TPSA) is 111 Å². The zero-order valence-electron chi connectivity index (χ0n) is 14.6. The van der Waals surface area contributed by atoms with Crippen LogP contribution in [-0.2, 0) is 5.75 Å². The van der Waals surface area contributed by atoms with Crippen LogP contribution in [0.2, 0.25) is 0 Å². The van der Waals surface area contributed by atoms with E-state index in [1.54, 1.807) is 31.3 Å². The Labute approximate surface area is 159 Å². The molecular weight excluding hydrogens is 368 g/mol. The van der Waals surface area contributed by atoms with Gasteiger partial charge in [0.25, 0.3) is 11.6 Å². The van der Waals surface area contributed by atoms with Crippen molar-refractivity contribution in [3.8, 4) is 0 Å². The molecule has 3 rings (SSSR count). The lowest BCUT2D eigenvalue weighted by Gasteiger charge is -2.10. The van der Waals surface area contributed by atoms with Crippen molar-refractivity contribution in [2.75, 3.05) is 5.32 Å². The van der Waals surface area contributed by atoms with Crippen LogP contribution in [0.4, 0.5) is 11.4 Å². The van der Waals surface area contributed by atoms with Crippen molar-refractivity contribution in [2.45, 2.75) is 24.6 Å². The minimum atomic E-state index is -0.476. The lowest BCUT2D eigenvalue weighted by atomic mass is 10.1. The van der Waals surface area contributed by atoms with Crippen LogP contribution in [-0.4, -0.2) is 21.0 Å². The number of nitrogens with one attached hydrogen (secondary N) is 1. The van der Waals surface area contributed by atoms with Crippen LogP contribution in [0, 0.1) is 24.0 Å². The summed E-state index contributed by atoms with van der Waals surface area (Å²) in [5.41, 5.74) is 1.88. The summed E-state index contributed by atoms with van der Waals surface area (Å²) in [6.07, 6.45) is 1.60. The number of anilines is 1. The number of hydrogen-bond acceptors (Lipinski definition) is 7. The Morgan fingerprint density at radius 3 is 2.81 bits per heavy atom. The molecule has 0 bridgehead atoms. The zero-order valence-corrected chi connectivity index (χ0v) is 15.4. The summed E-state index contributed by atoms with van der Waals surface area (Å²) >= 11 is 1.36. The molecule has 0 radical (unpaired) electrons. The Balaban J connectivity index is 1.79. The van der Waals surface area contributed by atoms with E-state index in [1.807, 2.05) is 13.0 Å². The Hall–Kier alpha value is -3.20. The van der Waals surface area contributed by atoms with Crippen LogP contribution in [0.25, 0.3) is 0 Å². The Morgan fingerprint density at radius 2 is 2.11 bits per heavy atom. The third kappa shape index (κ3) is 4.32. The predicted molar refractivity (Wildman–Crippen MR) is 101 cm³/mol. The fraction of sp³-hybridized carbons (Fsp3) is 0.167. The largest absolute Gasteiger partial charge is 0.361 e. The number of hydrogen-bond donors (Lipinski definition) is 1. The lowest BCUT2D eigenvalue weighted by molar-refractivity contribution is -0.385. The summed E-state index contributed by atoms with van der Waals surface area (Å²) in [5.74, 6) is 0.834. The first-order valence-corrected chi connectivity index (χ1v) is 8.99. The number of aromatic nitrogens is 2. The van der Waals surface area contributed by atoms with E-state index in [0.29, 0.717) is 33.4 Å². The number of rotatable bonds is 6. The van der Waals surface area contributed by atoms with Crippen molar-refractivity contribution >= 4 is 29.0 Å². The Kier molecular flexibility index (Phi) is 5.51. The first-order chi connectivity index (χ1) is 13.0. The van der Waals surface area contributed by atoms with Gasteiger partial charge in [-0.2, -0.15) is 0 Å². The molecule has 0 aliphatic carbocycles. The fourth-order valence-electron chi connectivity index (χ4n) is 2.45. The van der Waals surface area contributed by atoms with E-state index in [4.69, 9.17) is 4.52 Å². The van der Waals surface area contributed by atoms with Crippen molar-refractivity contribution in [1.29, 1.82) is 0 Å². The van der Waals surface area contributed by atoms with Crippen LogP contribution in [0.5, 0.6) is 0 Å². The average Bonchev–Trinajstić information content (AvgIpc) is 3.07. The molecule has 2 heterocycles. The van der Waals surface area contributed by atoms with Crippen LogP contribution >= 0.6 is 11.8 Å². The lowest BCUT2D eigenvalue weighted by Crippen LogP contribution is -2.14. The van der Waals surface area contributed by atoms with Crippen LogP contribution < -0.4 is 5.32 Å². The minimum Gasteiger partial charge on any atom is -0.361 e. The molecule has 2 aromatic heterocycles. The molecule has 0 aliphatic rings. The van der Waals surface area contributed by atoms with Crippen LogP contribution in [0.15, 0.2) is 52.1 Å². The number of pyridine rings is 1. The zero-order chi connectivity index (χ0) is 19.4. The second-order valence-electron chi connectivity index (χ2n) is 5.73. The van der Waals surface area contributed by atoms with Crippen LogP contribution in [0.1, 0.15) is 27.4 Å². The molecule has 8 nitrogen and oxygen atoms in total. The SMILES string of the molecule is Cc1cc(CSc2ncccc2C(=O)Nc2cccc([N+](=O)[O-])c2C)no1. The maximum Gasteiger partial charge on any atom is 0.274 e. The van der Waals surface area contributed by atoms with E-state index < -0.39 is 4.92 Å². The van der Waals surface area contributed by atoms with Gasteiger partial charge in [-0.3, -0.25) is 14.9 Å². The smallest absolute Gasteiger partial charge is 0.274 e. The normalized spacial score (nSPS) is 10.6. The number of carbonyl (C=O) groups is 1. The summed E-state index contributed by atoms with van der Waals surface area (Å²) < 4.78 is 5.04. The summed E-state index contributed by atoms with van der Waals surface area (Å²) in [4.78, 5) is 27.6. The van der Waals surface area contributed by atoms with Gasteiger partial charge in [-0.15, -0.1) is 0 Å². The summed E-state index contributed by atoms with van der Waals surface area (Å²) in [5, 5.41) is 18.3. The molecule has 0 fully saturated rings. The van der Waals surface area contributed by atoms with E-state index in [0.717, 1.165) is 5.69 Å². The molecule has 9 heteroatoms. The van der Waals surface area contributed by atoms with E-state index in [-0.39, 0.29) is 11.6 Å². The summed E-state index contributed by atoms with van der Waals surface area (Å²) in [6, 6.07) is 9.71. The summed E-state index contributed by atoms with van der Waals surface area (Å²) in [7, 11) is 0. The molecule has 0 atom stereocenters. The second-order valence-corrected chi connectivity index (χ2v) is 6.70. The highest BCUT2D eigenvalue weighted by atomic mass is 32.2. The van der Waals surface area contributed by atoms with Gasteiger partial charge in [-0.1, -0.05) is 23.0 Å². The highest BCUT2D eigenvalue weighted by Gasteiger charge is 2.18. The molecule has 0 aliphatic heterocycles. The van der Waals surface area contributed by atoms with Gasteiger partial charge in [-0.05, 0) is 32.0 Å². The van der Waals surface area contributed by atoms with E-state index in [9.17, 15) is 14.9 Å². The van der Waals surface area contributed by atoms with E-state index >= 15 is 0 Å². The number of nitro benzene ring substituents is 1. The number of thioether (sulfide) groups is 1. The standard InChI is InChI=1S/C18H16N4O4S/c1-11-9-13(21-26-11)10-27-18-14(5-4-8-19-18)17(23)20-15-6-3-7-16(12(15)2)22(24)25/h3-9H,10H2,1-2H3,(H,20,23). The first-order valence-electron chi connectivity index (χ1n) is 8.01. The van der Waals surface area contributed by atoms with Gasteiger partial charge >= 0.3 is 0 Å². The highest BCUT2D eigenvalue weighted by molar-refractivity contribution is 7.98. The van der Waals surface area contributed by atoms with Gasteiger partial charge < -0.3 is 9.84 Å². The molecule has 1 aromatic carbocycles. The Morgan fingerprint density at radius 1 is 1.30 bits per heavy atom. The molecule has 0 saturated heterocycles. The van der Waals surface area contributed by atoms with Crippen molar-refractivity contribution in [1.82, 2.24) is 10.1 Å². The monoisotopic (exact) mass is 384 g/mol. The fourth-order valence-corrected chi connectivity index (χ4v) is 3.33. The molecular formula is C18H16N4O4S. The number of aryl methyl sites for hydroxylation is 1. The Bertz CT molecular complexity index is 1000. The molecule has 3 aromatic rings. The molecule has 1 amide bonds. The van der Waals surface area contributed by atoms with Gasteiger partial charge in [0.05, 0.1) is 27.4 Å². The van der Waals surface area contributed by atoms with Gasteiger partial charge in [0.2, 0.25) is 0 Å². The minimum absolute atomic E-state index is 0.0463. The number of carbonyl (C=O) groups excluding carboxylic acids is 1. The molecule has 138 valence electrons. The third-order valence-corrected chi connectivity index (χ3v) is 4.84. The first kappa shape index (κ1) is 18.6. The predicted octanol–water partition coefficient (Wildman–Crippen LogP) is 4.14. The maximum atomic E-state index is 12.7. The second kappa shape index (κ2) is 8.00. The quantitative estimate of drug-likeness (QED) is 0.386. The van der Waals surface area contributed by atoms with Gasteiger partial charge in [0.15, 0.2) is 0 Å². The van der Waals surface area contributed by atoms with Crippen molar-refractivity contribution in [3.63, 3.8) is 0 Å². The molecule has 1 N–H and O–H groups in total. The number of nitro groups is 1. The average molecular weight is 384 g/mol. The molecule has 0 spiro atoms. The van der Waals surface area contributed by atoms with Crippen LogP contribution in [0.3, 0.4) is 0 Å². The number of benzene rings is 1. The number of amides is 1. The maximum absolute atomic E-state index is 12.7. The highest BCUT2D eigenvalue weighted by Crippen LogP contribution is 2.28. The van der Waals surface area contributed by atoms with E-state index in [2.05, 4.69) is 15.5 Å². The van der Waals surface area contributed by atoms with E-state index in [1.165, 1.54) is 23.9 Å². The van der Waals surface area contributed by atoms with Gasteiger partial charge in [-0.25, -0.2) is 4.98 Å². The van der Waals surface area contributed by atoms with Crippen molar-refractivity contribution in [2.24, 2.45) is 0 Å². The summed E-state index contributed by atoms with van der Waals surface area (Å²) in [6.45, 7) is 3.40. The molecule has 0 saturated carbocycles. The van der Waals surface area contributed by atoms with Crippen molar-refractivity contribution in [3.05, 3.63) is 75.3 Å². The third-order valence-electron chi connectivity index (χ3n) is 3.80. The van der Waals surface area contributed by atoms with Crippen molar-refractivity contribution < 1.29 is 14.2 Å². The van der Waals surface area contributed by atoms with Gasteiger partial charge in [0, 0.05) is 24.1 Å².